The van der Waals surface area contributed by atoms with Gasteiger partial charge in [0.1, 0.15) is 0 Å². The average molecular weight is 341 g/mol. The van der Waals surface area contributed by atoms with Gasteiger partial charge in [-0.15, -0.1) is 11.3 Å². The number of aromatic amines is 1. The third-order valence-corrected chi connectivity index (χ3v) is 4.92. The van der Waals surface area contributed by atoms with Gasteiger partial charge in [0.05, 0.1) is 11.6 Å². The summed E-state index contributed by atoms with van der Waals surface area (Å²) in [5.74, 6) is -0.235. The molecule has 5 nitrogen and oxygen atoms in total. The second-order valence-corrected chi connectivity index (χ2v) is 6.78. The molecule has 3 rings (SSSR count). The van der Waals surface area contributed by atoms with Crippen LogP contribution in [-0.4, -0.2) is 36.4 Å². The zero-order chi connectivity index (χ0) is 17.1. The van der Waals surface area contributed by atoms with E-state index in [0.717, 1.165) is 5.39 Å². The largest absolute Gasteiger partial charge is 0.350 e. The Kier molecular flexibility index (Phi) is 4.78. The minimum absolute atomic E-state index is 0.0993. The number of carbonyl (C=O) groups excluding carboxylic acids is 1. The number of pyridine rings is 1. The highest BCUT2D eigenvalue weighted by Gasteiger charge is 2.18. The van der Waals surface area contributed by atoms with E-state index < -0.39 is 0 Å². The lowest BCUT2D eigenvalue weighted by Gasteiger charge is -2.23. The van der Waals surface area contributed by atoms with E-state index in [4.69, 9.17) is 0 Å². The molecule has 6 heteroatoms. The fourth-order valence-electron chi connectivity index (χ4n) is 2.70. The third-order valence-electron chi connectivity index (χ3n) is 3.95. The van der Waals surface area contributed by atoms with Gasteiger partial charge in [-0.2, -0.15) is 0 Å². The zero-order valence-electron chi connectivity index (χ0n) is 13.6. The molecule has 24 heavy (non-hydrogen) atoms. The van der Waals surface area contributed by atoms with Crippen LogP contribution >= 0.6 is 11.3 Å². The number of para-hydroxylation sites is 1. The van der Waals surface area contributed by atoms with Crippen molar-refractivity contribution in [2.75, 3.05) is 20.6 Å². The van der Waals surface area contributed by atoms with Crippen molar-refractivity contribution in [3.8, 4) is 0 Å². The van der Waals surface area contributed by atoms with E-state index in [0.29, 0.717) is 17.6 Å². The molecule has 0 unspecified atom stereocenters. The van der Waals surface area contributed by atoms with Crippen LogP contribution in [-0.2, 0) is 0 Å². The second kappa shape index (κ2) is 6.98. The van der Waals surface area contributed by atoms with Gasteiger partial charge in [0.25, 0.3) is 5.91 Å². The molecule has 0 radical (unpaired) electrons. The van der Waals surface area contributed by atoms with Gasteiger partial charge >= 0.3 is 0 Å². The van der Waals surface area contributed by atoms with Crippen LogP contribution in [0.3, 0.4) is 0 Å². The van der Waals surface area contributed by atoms with Gasteiger partial charge < -0.3 is 15.2 Å². The van der Waals surface area contributed by atoms with Crippen LogP contribution in [0.4, 0.5) is 0 Å². The van der Waals surface area contributed by atoms with Crippen LogP contribution in [0.25, 0.3) is 10.9 Å². The number of nitrogens with one attached hydrogen (secondary N) is 2. The lowest BCUT2D eigenvalue weighted by molar-refractivity contribution is 0.0944. The third kappa shape index (κ3) is 3.39. The highest BCUT2D eigenvalue weighted by atomic mass is 32.1. The molecule has 3 aromatic rings. The number of hydrogen-bond donors (Lipinski definition) is 2. The highest BCUT2D eigenvalue weighted by molar-refractivity contribution is 7.10. The molecule has 0 fully saturated rings. The number of H-pyrrole nitrogens is 1. The topological polar surface area (TPSA) is 65.2 Å². The summed E-state index contributed by atoms with van der Waals surface area (Å²) in [4.78, 5) is 30.4. The van der Waals surface area contributed by atoms with Gasteiger partial charge in [-0.3, -0.25) is 9.59 Å². The monoisotopic (exact) mass is 341 g/mol. The first-order chi connectivity index (χ1) is 11.6. The Morgan fingerprint density at radius 2 is 2.04 bits per heavy atom. The number of amides is 1. The quantitative estimate of drug-likeness (QED) is 0.750. The number of rotatable bonds is 5. The number of carbonyl (C=O) groups is 1. The number of fused-ring (bicyclic) bond motifs is 1. The second-order valence-electron chi connectivity index (χ2n) is 5.80. The molecule has 0 aliphatic heterocycles. The van der Waals surface area contributed by atoms with Crippen LogP contribution in [0.2, 0.25) is 0 Å². The Morgan fingerprint density at radius 1 is 1.25 bits per heavy atom. The lowest BCUT2D eigenvalue weighted by atomic mass is 10.1. The van der Waals surface area contributed by atoms with Crippen molar-refractivity contribution < 1.29 is 4.79 Å². The van der Waals surface area contributed by atoms with E-state index in [-0.39, 0.29) is 17.5 Å². The molecule has 0 aliphatic carbocycles. The zero-order valence-corrected chi connectivity index (χ0v) is 14.4. The Morgan fingerprint density at radius 3 is 2.75 bits per heavy atom. The molecule has 0 spiro atoms. The minimum Gasteiger partial charge on any atom is -0.350 e. The summed E-state index contributed by atoms with van der Waals surface area (Å²) in [6.45, 7) is 0.480. The summed E-state index contributed by atoms with van der Waals surface area (Å²) in [5.41, 5.74) is 0.789. The summed E-state index contributed by atoms with van der Waals surface area (Å²) >= 11 is 1.66. The molecule has 124 valence electrons. The Bertz CT molecular complexity index is 900. The summed E-state index contributed by atoms with van der Waals surface area (Å²) in [7, 11) is 3.97. The standard InChI is InChI=1S/C18H19N3O2S/c1-21(2)15(16-8-5-9-24-16)11-19-18(23)13-10-17(22)20-14-7-4-3-6-12(13)14/h3-10,15H,11H2,1-2H3,(H,19,23)(H,20,22)/t15-/m0/s1. The van der Waals surface area contributed by atoms with E-state index in [1.165, 1.54) is 10.9 Å². The summed E-state index contributed by atoms with van der Waals surface area (Å²) in [6.07, 6.45) is 0. The fraction of sp³-hybridized carbons (Fsp3) is 0.222. The summed E-state index contributed by atoms with van der Waals surface area (Å²) in [5, 5.41) is 5.73. The van der Waals surface area contributed by atoms with E-state index in [2.05, 4.69) is 21.3 Å². The maximum absolute atomic E-state index is 12.6. The smallest absolute Gasteiger partial charge is 0.252 e. The van der Waals surface area contributed by atoms with Gasteiger partial charge in [-0.05, 0) is 31.6 Å². The van der Waals surface area contributed by atoms with Gasteiger partial charge in [0.15, 0.2) is 0 Å². The molecule has 1 aromatic carbocycles. The molecular formula is C18H19N3O2S. The normalized spacial score (nSPS) is 12.5. The molecule has 0 bridgehead atoms. The van der Waals surface area contributed by atoms with Gasteiger partial charge in [0, 0.05) is 28.4 Å². The first-order valence-electron chi connectivity index (χ1n) is 7.66. The molecule has 1 atom stereocenters. The average Bonchev–Trinajstić information content (AvgIpc) is 3.07. The van der Waals surface area contributed by atoms with E-state index in [9.17, 15) is 9.59 Å². The molecule has 0 saturated carbocycles. The van der Waals surface area contributed by atoms with Gasteiger partial charge in [0.2, 0.25) is 5.56 Å². The number of aromatic nitrogens is 1. The van der Waals surface area contributed by atoms with Gasteiger partial charge in [-0.25, -0.2) is 0 Å². The highest BCUT2D eigenvalue weighted by Crippen LogP contribution is 2.22. The Labute approximate surface area is 143 Å². The predicted molar refractivity (Wildman–Crippen MR) is 97.6 cm³/mol. The molecular weight excluding hydrogens is 322 g/mol. The summed E-state index contributed by atoms with van der Waals surface area (Å²) < 4.78 is 0. The number of likely N-dealkylation sites (N-methyl/N-ethyl adjacent to an activating group) is 1. The number of thiophene rings is 1. The van der Waals surface area contributed by atoms with Crippen molar-refractivity contribution in [3.63, 3.8) is 0 Å². The summed E-state index contributed by atoms with van der Waals surface area (Å²) in [6, 6.07) is 12.8. The number of benzene rings is 1. The molecule has 0 saturated heterocycles. The van der Waals surface area contributed by atoms with Crippen molar-refractivity contribution in [2.24, 2.45) is 0 Å². The van der Waals surface area contributed by atoms with Crippen LogP contribution in [0.15, 0.2) is 52.6 Å². The Hall–Kier alpha value is -2.44. The van der Waals surface area contributed by atoms with Gasteiger partial charge in [-0.1, -0.05) is 24.3 Å². The predicted octanol–water partition coefficient (Wildman–Crippen LogP) is 2.62. The van der Waals surface area contributed by atoms with Crippen molar-refractivity contribution in [1.82, 2.24) is 15.2 Å². The fourth-order valence-corrected chi connectivity index (χ4v) is 3.62. The van der Waals surface area contributed by atoms with Crippen LogP contribution in [0, 0.1) is 0 Å². The molecule has 1 amide bonds. The Balaban J connectivity index is 1.84. The molecule has 2 heterocycles. The first kappa shape index (κ1) is 16.4. The van der Waals surface area contributed by atoms with E-state index in [1.54, 1.807) is 17.4 Å². The maximum Gasteiger partial charge on any atom is 0.252 e. The first-order valence-corrected chi connectivity index (χ1v) is 8.54. The van der Waals surface area contributed by atoms with Crippen molar-refractivity contribution >= 4 is 28.1 Å². The maximum atomic E-state index is 12.6. The molecule has 2 N–H and O–H groups in total. The van der Waals surface area contributed by atoms with E-state index in [1.807, 2.05) is 43.7 Å². The van der Waals surface area contributed by atoms with Crippen LogP contribution in [0.5, 0.6) is 0 Å². The van der Waals surface area contributed by atoms with Crippen molar-refractivity contribution in [1.29, 1.82) is 0 Å². The van der Waals surface area contributed by atoms with Crippen molar-refractivity contribution in [2.45, 2.75) is 6.04 Å². The number of hydrogen-bond acceptors (Lipinski definition) is 4. The molecule has 2 aromatic heterocycles. The van der Waals surface area contributed by atoms with Crippen LogP contribution < -0.4 is 10.9 Å². The van der Waals surface area contributed by atoms with Crippen molar-refractivity contribution in [3.05, 3.63) is 68.6 Å². The lowest BCUT2D eigenvalue weighted by Crippen LogP contribution is -2.34. The number of nitrogens with zero attached hydrogens (tertiary/aromatic N) is 1. The van der Waals surface area contributed by atoms with E-state index >= 15 is 0 Å². The van der Waals surface area contributed by atoms with Crippen LogP contribution in [0.1, 0.15) is 21.3 Å². The SMILES string of the molecule is CN(C)[C@@H](CNC(=O)c1cc(=O)[nH]c2ccccc12)c1cccs1. The minimum atomic E-state index is -0.277. The molecule has 0 aliphatic rings.